The van der Waals surface area contributed by atoms with Crippen molar-refractivity contribution < 1.29 is 29.0 Å². The van der Waals surface area contributed by atoms with Crippen LogP contribution in [0.3, 0.4) is 0 Å². The van der Waals surface area contributed by atoms with Gasteiger partial charge in [0, 0.05) is 31.5 Å². The van der Waals surface area contributed by atoms with E-state index in [1.165, 1.54) is 0 Å². The maximum Gasteiger partial charge on any atom is 0.407 e. The molecule has 1 aliphatic heterocycles. The highest BCUT2D eigenvalue weighted by Gasteiger charge is 2.33. The summed E-state index contributed by atoms with van der Waals surface area (Å²) >= 11 is 0. The van der Waals surface area contributed by atoms with Crippen LogP contribution in [0.2, 0.25) is 0 Å². The van der Waals surface area contributed by atoms with Crippen LogP contribution in [0.5, 0.6) is 0 Å². The molecule has 168 valence electrons. The zero-order chi connectivity index (χ0) is 22.7. The van der Waals surface area contributed by atoms with Gasteiger partial charge in [0.15, 0.2) is 0 Å². The van der Waals surface area contributed by atoms with E-state index in [1.54, 1.807) is 11.8 Å². The van der Waals surface area contributed by atoms with Crippen molar-refractivity contribution in [2.45, 2.75) is 31.4 Å². The molecule has 4 rings (SSSR count). The van der Waals surface area contributed by atoms with E-state index in [2.05, 4.69) is 29.6 Å². The third-order valence-corrected chi connectivity index (χ3v) is 5.83. The monoisotopic (exact) mass is 438 g/mol. The predicted molar refractivity (Wildman–Crippen MR) is 116 cm³/mol. The number of nitrogens with zero attached hydrogens (tertiary/aromatic N) is 1. The van der Waals surface area contributed by atoms with Crippen LogP contribution in [-0.2, 0) is 19.1 Å². The number of rotatable bonds is 8. The van der Waals surface area contributed by atoms with Crippen molar-refractivity contribution in [2.75, 3.05) is 26.3 Å². The molecule has 0 aromatic heterocycles. The van der Waals surface area contributed by atoms with Gasteiger partial charge in [-0.2, -0.15) is 0 Å². The molecule has 1 saturated heterocycles. The number of aliphatic carboxylic acids is 1. The Bertz CT molecular complexity index is 972. The molecule has 2 aromatic carbocycles. The first-order valence-corrected chi connectivity index (χ1v) is 10.6. The minimum absolute atomic E-state index is 0.0195. The van der Waals surface area contributed by atoms with Crippen LogP contribution in [0.1, 0.15) is 30.4 Å². The van der Waals surface area contributed by atoms with Gasteiger partial charge in [-0.15, -0.1) is 0 Å². The lowest BCUT2D eigenvalue weighted by Gasteiger charge is -2.39. The van der Waals surface area contributed by atoms with Gasteiger partial charge in [-0.05, 0) is 29.2 Å². The standard InChI is InChI=1S/C24H26N2O6/c1-15(10-22(27)26-11-16(12-26)31-14-23(28)29)25-24(30)32-13-21-19-8-4-2-6-17(19)18-7-3-5-9-20(18)21/h2-9,15-16,21H,10-14H2,1H3,(H,25,30)(H,28,29)/t15-/m1/s1. The number of carboxylic acids is 1. The number of hydrogen-bond acceptors (Lipinski definition) is 5. The van der Waals surface area contributed by atoms with Crippen molar-refractivity contribution in [1.29, 1.82) is 0 Å². The lowest BCUT2D eigenvalue weighted by atomic mass is 9.98. The molecule has 1 fully saturated rings. The molecule has 1 aliphatic carbocycles. The molecule has 0 saturated carbocycles. The Labute approximate surface area is 186 Å². The van der Waals surface area contributed by atoms with Crippen molar-refractivity contribution >= 4 is 18.0 Å². The van der Waals surface area contributed by atoms with E-state index in [0.717, 1.165) is 22.3 Å². The molecule has 2 N–H and O–H groups in total. The maximum atomic E-state index is 12.3. The summed E-state index contributed by atoms with van der Waals surface area (Å²) in [7, 11) is 0. The zero-order valence-electron chi connectivity index (χ0n) is 17.8. The summed E-state index contributed by atoms with van der Waals surface area (Å²) in [5.41, 5.74) is 4.61. The van der Waals surface area contributed by atoms with Crippen LogP contribution in [0, 0.1) is 0 Å². The quantitative estimate of drug-likeness (QED) is 0.657. The minimum Gasteiger partial charge on any atom is -0.480 e. The molecule has 2 aromatic rings. The van der Waals surface area contributed by atoms with E-state index in [9.17, 15) is 14.4 Å². The number of nitrogens with one attached hydrogen (secondary N) is 1. The Morgan fingerprint density at radius 3 is 2.25 bits per heavy atom. The van der Waals surface area contributed by atoms with Crippen molar-refractivity contribution in [3.8, 4) is 11.1 Å². The summed E-state index contributed by atoms with van der Waals surface area (Å²) in [6, 6.07) is 15.9. The van der Waals surface area contributed by atoms with Crippen LogP contribution in [0.25, 0.3) is 11.1 Å². The lowest BCUT2D eigenvalue weighted by Crippen LogP contribution is -2.56. The second kappa shape index (κ2) is 9.40. The molecular formula is C24H26N2O6. The molecule has 0 bridgehead atoms. The Morgan fingerprint density at radius 1 is 1.06 bits per heavy atom. The number of ether oxygens (including phenoxy) is 2. The van der Waals surface area contributed by atoms with Gasteiger partial charge in [-0.1, -0.05) is 48.5 Å². The number of hydrogen-bond donors (Lipinski definition) is 2. The molecule has 1 atom stereocenters. The Balaban J connectivity index is 1.23. The first kappa shape index (κ1) is 21.8. The number of alkyl carbamates (subject to hydrolysis) is 1. The number of carboxylic acid groups (broad SMARTS) is 1. The zero-order valence-corrected chi connectivity index (χ0v) is 17.8. The SMILES string of the molecule is C[C@H](CC(=O)N1CC(OCC(=O)O)C1)NC(=O)OCC1c2ccccc2-c2ccccc21. The molecule has 2 amide bonds. The Kier molecular flexibility index (Phi) is 6.41. The fourth-order valence-corrected chi connectivity index (χ4v) is 4.22. The Hall–Kier alpha value is -3.39. The largest absolute Gasteiger partial charge is 0.480 e. The second-order valence-corrected chi connectivity index (χ2v) is 8.20. The summed E-state index contributed by atoms with van der Waals surface area (Å²) in [5, 5.41) is 11.3. The summed E-state index contributed by atoms with van der Waals surface area (Å²) in [6.45, 7) is 2.33. The predicted octanol–water partition coefficient (Wildman–Crippen LogP) is 2.62. The van der Waals surface area contributed by atoms with Gasteiger partial charge in [0.2, 0.25) is 5.91 Å². The molecule has 8 heteroatoms. The van der Waals surface area contributed by atoms with Crippen LogP contribution < -0.4 is 5.32 Å². The van der Waals surface area contributed by atoms with Crippen LogP contribution in [0.15, 0.2) is 48.5 Å². The highest BCUT2D eigenvalue weighted by molar-refractivity contribution is 5.80. The smallest absolute Gasteiger partial charge is 0.407 e. The molecule has 0 radical (unpaired) electrons. The van der Waals surface area contributed by atoms with E-state index >= 15 is 0 Å². The van der Waals surface area contributed by atoms with E-state index in [0.29, 0.717) is 13.1 Å². The van der Waals surface area contributed by atoms with Gasteiger partial charge >= 0.3 is 12.1 Å². The van der Waals surface area contributed by atoms with E-state index in [4.69, 9.17) is 14.6 Å². The van der Waals surface area contributed by atoms with Gasteiger partial charge in [0.05, 0.1) is 6.10 Å². The molecule has 8 nitrogen and oxygen atoms in total. The summed E-state index contributed by atoms with van der Waals surface area (Å²) < 4.78 is 10.7. The van der Waals surface area contributed by atoms with Gasteiger partial charge in [-0.3, -0.25) is 4.79 Å². The number of likely N-dealkylation sites (tertiary alicyclic amines) is 1. The third-order valence-electron chi connectivity index (χ3n) is 5.83. The average Bonchev–Trinajstić information content (AvgIpc) is 3.04. The summed E-state index contributed by atoms with van der Waals surface area (Å²) in [4.78, 5) is 36.7. The highest BCUT2D eigenvalue weighted by Crippen LogP contribution is 2.44. The van der Waals surface area contributed by atoms with Crippen molar-refractivity contribution in [2.24, 2.45) is 0 Å². The maximum absolute atomic E-state index is 12.3. The topological polar surface area (TPSA) is 105 Å². The van der Waals surface area contributed by atoms with E-state index in [1.807, 2.05) is 24.3 Å². The number of carbonyl (C=O) groups excluding carboxylic acids is 2. The number of amides is 2. The minimum atomic E-state index is -1.03. The van der Waals surface area contributed by atoms with Crippen molar-refractivity contribution in [3.05, 3.63) is 59.7 Å². The van der Waals surface area contributed by atoms with Crippen LogP contribution in [-0.4, -0.2) is 66.4 Å². The lowest BCUT2D eigenvalue weighted by molar-refractivity contribution is -0.154. The van der Waals surface area contributed by atoms with Gasteiger partial charge < -0.3 is 24.8 Å². The number of benzene rings is 2. The first-order valence-electron chi connectivity index (χ1n) is 10.6. The van der Waals surface area contributed by atoms with Gasteiger partial charge in [0.25, 0.3) is 0 Å². The van der Waals surface area contributed by atoms with E-state index < -0.39 is 18.1 Å². The highest BCUT2D eigenvalue weighted by atomic mass is 16.5. The fraction of sp³-hybridized carbons (Fsp3) is 0.375. The molecular weight excluding hydrogens is 412 g/mol. The average molecular weight is 438 g/mol. The van der Waals surface area contributed by atoms with Gasteiger partial charge in [-0.25, -0.2) is 9.59 Å². The van der Waals surface area contributed by atoms with Crippen molar-refractivity contribution in [1.82, 2.24) is 10.2 Å². The summed E-state index contributed by atoms with van der Waals surface area (Å²) in [5.74, 6) is -1.17. The van der Waals surface area contributed by atoms with Crippen LogP contribution in [0.4, 0.5) is 4.79 Å². The first-order chi connectivity index (χ1) is 15.4. The summed E-state index contributed by atoms with van der Waals surface area (Å²) in [6.07, 6.45) is -0.672. The van der Waals surface area contributed by atoms with E-state index in [-0.39, 0.29) is 37.6 Å². The molecule has 0 spiro atoms. The van der Waals surface area contributed by atoms with Crippen molar-refractivity contribution in [3.63, 3.8) is 0 Å². The number of fused-ring (bicyclic) bond motifs is 3. The molecule has 32 heavy (non-hydrogen) atoms. The van der Waals surface area contributed by atoms with Crippen LogP contribution >= 0.6 is 0 Å². The molecule has 1 heterocycles. The number of carbonyl (C=O) groups is 3. The Morgan fingerprint density at radius 2 is 1.66 bits per heavy atom. The van der Waals surface area contributed by atoms with Gasteiger partial charge in [0.1, 0.15) is 13.2 Å². The third kappa shape index (κ3) is 4.75. The second-order valence-electron chi connectivity index (χ2n) is 8.20. The molecule has 0 unspecified atom stereocenters. The normalized spacial score (nSPS) is 16.0. The molecule has 2 aliphatic rings. The fourth-order valence-electron chi connectivity index (χ4n) is 4.22.